The van der Waals surface area contributed by atoms with E-state index in [1.54, 1.807) is 0 Å². The molecular formula is C11H8BrF2N3O. The van der Waals surface area contributed by atoms with Crippen LogP contribution in [-0.2, 0) is 5.92 Å². The molecule has 0 bridgehead atoms. The molecule has 18 heavy (non-hydrogen) atoms. The van der Waals surface area contributed by atoms with Crippen molar-refractivity contribution in [1.29, 1.82) is 0 Å². The molecule has 0 atom stereocenters. The molecule has 0 radical (unpaired) electrons. The Kier molecular flexibility index (Phi) is 3.51. The molecule has 2 heterocycles. The zero-order valence-electron chi connectivity index (χ0n) is 9.27. The van der Waals surface area contributed by atoms with Gasteiger partial charge in [0, 0.05) is 13.1 Å². The maximum atomic E-state index is 12.9. The van der Waals surface area contributed by atoms with Crippen LogP contribution in [0.5, 0.6) is 11.6 Å². The van der Waals surface area contributed by atoms with Gasteiger partial charge >= 0.3 is 0 Å². The van der Waals surface area contributed by atoms with Crippen LogP contribution in [0.15, 0.2) is 35.3 Å². The number of rotatable bonds is 3. The third kappa shape index (κ3) is 2.98. The van der Waals surface area contributed by atoms with Crippen LogP contribution in [0.3, 0.4) is 0 Å². The molecule has 0 aliphatic carbocycles. The standard InChI is InChI=1S/C11H8BrF2N3O/c1-11(13,14)9-3-2-7(4-16-9)18-10-8(12)5-15-6-17-10/h2-6H,1H3. The first-order valence-corrected chi connectivity index (χ1v) is 5.74. The molecular weight excluding hydrogens is 308 g/mol. The van der Waals surface area contributed by atoms with Crippen molar-refractivity contribution in [3.05, 3.63) is 41.0 Å². The van der Waals surface area contributed by atoms with Crippen LogP contribution >= 0.6 is 15.9 Å². The van der Waals surface area contributed by atoms with Gasteiger partial charge in [0.15, 0.2) is 0 Å². The van der Waals surface area contributed by atoms with Crippen LogP contribution in [0.2, 0.25) is 0 Å². The lowest BCUT2D eigenvalue weighted by Crippen LogP contribution is -2.09. The lowest BCUT2D eigenvalue weighted by atomic mass is 10.2. The van der Waals surface area contributed by atoms with Crippen molar-refractivity contribution in [3.63, 3.8) is 0 Å². The summed E-state index contributed by atoms with van der Waals surface area (Å²) < 4.78 is 31.8. The second kappa shape index (κ2) is 4.93. The van der Waals surface area contributed by atoms with Gasteiger partial charge in [0.1, 0.15) is 17.8 Å². The van der Waals surface area contributed by atoms with E-state index in [0.717, 1.165) is 6.92 Å². The van der Waals surface area contributed by atoms with Crippen LogP contribution in [0, 0.1) is 0 Å². The summed E-state index contributed by atoms with van der Waals surface area (Å²) in [6.07, 6.45) is 4.06. The van der Waals surface area contributed by atoms with Gasteiger partial charge in [-0.3, -0.25) is 4.98 Å². The predicted octanol–water partition coefficient (Wildman–Crippen LogP) is 3.54. The summed E-state index contributed by atoms with van der Waals surface area (Å²) in [6, 6.07) is 2.62. The van der Waals surface area contributed by atoms with Crippen LogP contribution in [0.1, 0.15) is 12.6 Å². The Hall–Kier alpha value is -1.63. The van der Waals surface area contributed by atoms with Gasteiger partial charge in [0.2, 0.25) is 5.88 Å². The molecule has 4 nitrogen and oxygen atoms in total. The van der Waals surface area contributed by atoms with Crippen LogP contribution in [-0.4, -0.2) is 15.0 Å². The molecule has 0 N–H and O–H groups in total. The van der Waals surface area contributed by atoms with Gasteiger partial charge in [-0.1, -0.05) is 0 Å². The molecule has 0 amide bonds. The first kappa shape index (κ1) is 12.8. The number of hydrogen-bond donors (Lipinski definition) is 0. The maximum absolute atomic E-state index is 12.9. The SMILES string of the molecule is CC(F)(F)c1ccc(Oc2ncncc2Br)cn1. The second-order valence-electron chi connectivity index (χ2n) is 3.55. The smallest absolute Gasteiger partial charge is 0.286 e. The third-order valence-corrected chi connectivity index (χ3v) is 2.58. The molecule has 7 heteroatoms. The van der Waals surface area contributed by atoms with E-state index in [4.69, 9.17) is 4.74 Å². The van der Waals surface area contributed by atoms with Crippen molar-refractivity contribution in [2.45, 2.75) is 12.8 Å². The predicted molar refractivity (Wildman–Crippen MR) is 63.6 cm³/mol. The van der Waals surface area contributed by atoms with Crippen molar-refractivity contribution in [2.24, 2.45) is 0 Å². The number of hydrogen-bond acceptors (Lipinski definition) is 4. The van der Waals surface area contributed by atoms with Gasteiger partial charge in [-0.15, -0.1) is 0 Å². The lowest BCUT2D eigenvalue weighted by Gasteiger charge is -2.10. The first-order chi connectivity index (χ1) is 8.47. The largest absolute Gasteiger partial charge is 0.436 e. The Bertz CT molecular complexity index is 543. The summed E-state index contributed by atoms with van der Waals surface area (Å²) in [7, 11) is 0. The van der Waals surface area contributed by atoms with Gasteiger partial charge in [0.25, 0.3) is 5.92 Å². The molecule has 2 aromatic rings. The number of ether oxygens (including phenoxy) is 1. The first-order valence-electron chi connectivity index (χ1n) is 4.94. The van der Waals surface area contributed by atoms with E-state index >= 15 is 0 Å². The fourth-order valence-corrected chi connectivity index (χ4v) is 1.49. The van der Waals surface area contributed by atoms with E-state index in [-0.39, 0.29) is 5.69 Å². The van der Waals surface area contributed by atoms with Crippen molar-refractivity contribution in [1.82, 2.24) is 15.0 Å². The van der Waals surface area contributed by atoms with Gasteiger partial charge in [0.05, 0.1) is 10.7 Å². The average Bonchev–Trinajstić information content (AvgIpc) is 2.32. The number of pyridine rings is 1. The van der Waals surface area contributed by atoms with Gasteiger partial charge < -0.3 is 4.74 Å². The number of aromatic nitrogens is 3. The number of halogens is 3. The second-order valence-corrected chi connectivity index (χ2v) is 4.40. The summed E-state index contributed by atoms with van der Waals surface area (Å²) in [5.74, 6) is -2.35. The van der Waals surface area contributed by atoms with E-state index in [1.165, 1.54) is 30.9 Å². The van der Waals surface area contributed by atoms with E-state index in [0.29, 0.717) is 16.1 Å². The van der Waals surface area contributed by atoms with Crippen molar-refractivity contribution < 1.29 is 13.5 Å². The van der Waals surface area contributed by atoms with Crippen molar-refractivity contribution >= 4 is 15.9 Å². The summed E-state index contributed by atoms with van der Waals surface area (Å²) >= 11 is 3.21. The fourth-order valence-electron chi connectivity index (χ4n) is 1.19. The van der Waals surface area contributed by atoms with Gasteiger partial charge in [-0.2, -0.15) is 8.78 Å². The van der Waals surface area contributed by atoms with Crippen molar-refractivity contribution in [2.75, 3.05) is 0 Å². The summed E-state index contributed by atoms with van der Waals surface area (Å²) in [5.41, 5.74) is -0.309. The van der Waals surface area contributed by atoms with Crippen LogP contribution in [0.25, 0.3) is 0 Å². The highest BCUT2D eigenvalue weighted by molar-refractivity contribution is 9.10. The van der Waals surface area contributed by atoms with E-state index in [2.05, 4.69) is 30.9 Å². The van der Waals surface area contributed by atoms with E-state index in [1.807, 2.05) is 0 Å². The number of alkyl halides is 2. The van der Waals surface area contributed by atoms with Crippen molar-refractivity contribution in [3.8, 4) is 11.6 Å². The van der Waals surface area contributed by atoms with E-state index in [9.17, 15) is 8.78 Å². The zero-order valence-corrected chi connectivity index (χ0v) is 10.9. The highest BCUT2D eigenvalue weighted by Crippen LogP contribution is 2.29. The lowest BCUT2D eigenvalue weighted by molar-refractivity contribution is 0.0127. The highest BCUT2D eigenvalue weighted by atomic mass is 79.9. The molecule has 0 fully saturated rings. The van der Waals surface area contributed by atoms with Crippen LogP contribution < -0.4 is 4.74 Å². The molecule has 0 unspecified atom stereocenters. The van der Waals surface area contributed by atoms with Crippen LogP contribution in [0.4, 0.5) is 8.78 Å². The minimum atomic E-state index is -2.96. The molecule has 94 valence electrons. The third-order valence-electron chi connectivity index (χ3n) is 2.03. The summed E-state index contributed by atoms with van der Waals surface area (Å²) in [4.78, 5) is 11.3. The molecule has 0 aromatic carbocycles. The zero-order chi connectivity index (χ0) is 13.2. The minimum absolute atomic E-state index is 0.294. The normalized spacial score (nSPS) is 11.3. The Morgan fingerprint density at radius 1 is 1.22 bits per heavy atom. The average molecular weight is 316 g/mol. The van der Waals surface area contributed by atoms with Gasteiger partial charge in [-0.25, -0.2) is 9.97 Å². The fraction of sp³-hybridized carbons (Fsp3) is 0.182. The highest BCUT2D eigenvalue weighted by Gasteiger charge is 2.25. The quantitative estimate of drug-likeness (QED) is 0.869. The topological polar surface area (TPSA) is 47.9 Å². The molecule has 2 rings (SSSR count). The molecule has 2 aromatic heterocycles. The molecule has 0 spiro atoms. The molecule has 0 aliphatic heterocycles. The number of nitrogens with zero attached hydrogens (tertiary/aromatic N) is 3. The minimum Gasteiger partial charge on any atom is -0.436 e. The monoisotopic (exact) mass is 315 g/mol. The van der Waals surface area contributed by atoms with Gasteiger partial charge in [-0.05, 0) is 28.1 Å². The molecule has 0 saturated carbocycles. The summed E-state index contributed by atoms with van der Waals surface area (Å²) in [6.45, 7) is 0.789. The Morgan fingerprint density at radius 3 is 2.56 bits per heavy atom. The Labute approximate surface area is 110 Å². The molecule has 0 aliphatic rings. The molecule has 0 saturated heterocycles. The maximum Gasteiger partial charge on any atom is 0.286 e. The summed E-state index contributed by atoms with van der Waals surface area (Å²) in [5, 5.41) is 0. The Morgan fingerprint density at radius 2 is 2.00 bits per heavy atom. The Balaban J connectivity index is 2.19. The van der Waals surface area contributed by atoms with E-state index < -0.39 is 5.92 Å².